The Balaban J connectivity index is 2.45. The van der Waals surface area contributed by atoms with E-state index in [0.29, 0.717) is 0 Å². The smallest absolute Gasteiger partial charge is 0.110 e. The summed E-state index contributed by atoms with van der Waals surface area (Å²) in [7, 11) is 0. The first-order chi connectivity index (χ1) is 6.36. The number of H-pyrrole nitrogens is 1. The number of pyridine rings is 1. The van der Waals surface area contributed by atoms with Crippen LogP contribution in [0.15, 0.2) is 6.20 Å². The first-order valence-electron chi connectivity index (χ1n) is 4.36. The number of hydrogen-bond donors (Lipinski definition) is 1. The first kappa shape index (κ1) is 7.33. The number of aromatic amines is 1. The third-order valence-corrected chi connectivity index (χ3v) is 2.96. The first-order valence-corrected chi connectivity index (χ1v) is 4.74. The summed E-state index contributed by atoms with van der Waals surface area (Å²) in [5.41, 5.74) is 4.12. The average molecular weight is 194 g/mol. The summed E-state index contributed by atoms with van der Waals surface area (Å²) >= 11 is 6.22. The Bertz CT molecular complexity index is 475. The van der Waals surface area contributed by atoms with Crippen molar-refractivity contribution in [3.8, 4) is 0 Å². The van der Waals surface area contributed by atoms with Gasteiger partial charge in [0.15, 0.2) is 0 Å². The molecular weight excluding hydrogens is 186 g/mol. The van der Waals surface area contributed by atoms with E-state index in [4.69, 9.17) is 11.6 Å². The summed E-state index contributed by atoms with van der Waals surface area (Å²) in [5.74, 6) is 0. The molecule has 3 nitrogen and oxygen atoms in total. The molecular formula is C9H8ClN3. The molecule has 2 aromatic rings. The van der Waals surface area contributed by atoms with Gasteiger partial charge in [0.05, 0.1) is 11.2 Å². The molecule has 1 aliphatic carbocycles. The second-order valence-corrected chi connectivity index (χ2v) is 3.71. The van der Waals surface area contributed by atoms with Crippen LogP contribution in [-0.2, 0) is 12.8 Å². The van der Waals surface area contributed by atoms with Crippen LogP contribution in [0.5, 0.6) is 0 Å². The SMILES string of the molecule is Clc1c2c(nc3cn[nH]c13)CCC2. The molecule has 0 atom stereocenters. The number of nitrogens with one attached hydrogen (secondary N) is 1. The molecule has 2 aromatic heterocycles. The van der Waals surface area contributed by atoms with Gasteiger partial charge in [0.25, 0.3) is 0 Å². The Morgan fingerprint density at radius 1 is 1.38 bits per heavy atom. The van der Waals surface area contributed by atoms with E-state index < -0.39 is 0 Å². The van der Waals surface area contributed by atoms with Crippen LogP contribution >= 0.6 is 11.6 Å². The number of rotatable bonds is 0. The summed E-state index contributed by atoms with van der Waals surface area (Å²) in [4.78, 5) is 4.50. The van der Waals surface area contributed by atoms with Gasteiger partial charge < -0.3 is 0 Å². The van der Waals surface area contributed by atoms with Gasteiger partial charge in [-0.1, -0.05) is 11.6 Å². The Morgan fingerprint density at radius 3 is 3.23 bits per heavy atom. The number of halogens is 1. The van der Waals surface area contributed by atoms with Crippen LogP contribution in [0.4, 0.5) is 0 Å². The molecule has 0 spiro atoms. The van der Waals surface area contributed by atoms with E-state index in [1.807, 2.05) is 0 Å². The van der Waals surface area contributed by atoms with Crippen molar-refractivity contribution in [3.05, 3.63) is 22.5 Å². The van der Waals surface area contributed by atoms with E-state index in [-0.39, 0.29) is 0 Å². The highest BCUT2D eigenvalue weighted by Gasteiger charge is 2.18. The monoisotopic (exact) mass is 193 g/mol. The second kappa shape index (κ2) is 2.45. The van der Waals surface area contributed by atoms with Gasteiger partial charge in [0.1, 0.15) is 11.0 Å². The summed E-state index contributed by atoms with van der Waals surface area (Å²) < 4.78 is 0. The molecule has 0 radical (unpaired) electrons. The van der Waals surface area contributed by atoms with Crippen LogP contribution in [0.3, 0.4) is 0 Å². The summed E-state index contributed by atoms with van der Waals surface area (Å²) in [6, 6.07) is 0. The van der Waals surface area contributed by atoms with Crippen molar-refractivity contribution in [1.29, 1.82) is 0 Å². The third kappa shape index (κ3) is 0.907. The van der Waals surface area contributed by atoms with E-state index in [1.165, 1.54) is 12.0 Å². The number of nitrogens with zero attached hydrogens (tertiary/aromatic N) is 2. The van der Waals surface area contributed by atoms with E-state index in [1.54, 1.807) is 6.20 Å². The van der Waals surface area contributed by atoms with Gasteiger partial charge in [-0.05, 0) is 24.8 Å². The summed E-state index contributed by atoms with van der Waals surface area (Å²) in [5, 5.41) is 7.62. The minimum Gasteiger partial charge on any atom is -0.275 e. The number of hydrogen-bond acceptors (Lipinski definition) is 2. The van der Waals surface area contributed by atoms with Crippen molar-refractivity contribution in [3.63, 3.8) is 0 Å². The van der Waals surface area contributed by atoms with Gasteiger partial charge in [-0.2, -0.15) is 5.10 Å². The maximum atomic E-state index is 6.22. The predicted octanol–water partition coefficient (Wildman–Crippen LogP) is 2.10. The van der Waals surface area contributed by atoms with Crippen molar-refractivity contribution in [2.24, 2.45) is 0 Å². The minimum absolute atomic E-state index is 0.815. The molecule has 13 heavy (non-hydrogen) atoms. The fourth-order valence-corrected chi connectivity index (χ4v) is 2.25. The molecule has 4 heteroatoms. The molecule has 3 rings (SSSR count). The summed E-state index contributed by atoms with van der Waals surface area (Å²) in [6.45, 7) is 0. The third-order valence-electron chi connectivity index (χ3n) is 2.55. The van der Waals surface area contributed by atoms with Crippen molar-refractivity contribution >= 4 is 22.6 Å². The fourth-order valence-electron chi connectivity index (χ4n) is 1.91. The van der Waals surface area contributed by atoms with Gasteiger partial charge in [-0.15, -0.1) is 0 Å². The molecule has 0 saturated carbocycles. The van der Waals surface area contributed by atoms with Crippen LogP contribution in [0.25, 0.3) is 11.0 Å². The van der Waals surface area contributed by atoms with Crippen LogP contribution in [0, 0.1) is 0 Å². The minimum atomic E-state index is 0.815. The van der Waals surface area contributed by atoms with E-state index in [2.05, 4.69) is 15.2 Å². The van der Waals surface area contributed by atoms with Crippen LogP contribution in [-0.4, -0.2) is 15.2 Å². The van der Waals surface area contributed by atoms with E-state index in [0.717, 1.165) is 34.6 Å². The molecule has 1 aliphatic rings. The Morgan fingerprint density at radius 2 is 2.31 bits per heavy atom. The highest BCUT2D eigenvalue weighted by atomic mass is 35.5. The Kier molecular flexibility index (Phi) is 1.38. The normalized spacial score (nSPS) is 15.2. The lowest BCUT2D eigenvalue weighted by atomic mass is 10.2. The van der Waals surface area contributed by atoms with Gasteiger partial charge >= 0.3 is 0 Å². The van der Waals surface area contributed by atoms with Crippen LogP contribution in [0.1, 0.15) is 17.7 Å². The molecule has 1 N–H and O–H groups in total. The topological polar surface area (TPSA) is 41.6 Å². The van der Waals surface area contributed by atoms with Crippen molar-refractivity contribution in [2.75, 3.05) is 0 Å². The molecule has 0 bridgehead atoms. The average Bonchev–Trinajstić information content (AvgIpc) is 2.71. The second-order valence-electron chi connectivity index (χ2n) is 3.33. The highest BCUT2D eigenvalue weighted by molar-refractivity contribution is 6.35. The molecule has 0 amide bonds. The zero-order valence-corrected chi connectivity index (χ0v) is 7.73. The number of aromatic nitrogens is 3. The van der Waals surface area contributed by atoms with Crippen LogP contribution < -0.4 is 0 Å². The zero-order valence-electron chi connectivity index (χ0n) is 6.97. The molecule has 2 heterocycles. The summed E-state index contributed by atoms with van der Waals surface area (Å²) in [6.07, 6.45) is 4.99. The molecule has 0 unspecified atom stereocenters. The maximum absolute atomic E-state index is 6.22. The predicted molar refractivity (Wildman–Crippen MR) is 50.9 cm³/mol. The highest BCUT2D eigenvalue weighted by Crippen LogP contribution is 2.31. The van der Waals surface area contributed by atoms with Gasteiger partial charge in [-0.25, -0.2) is 4.98 Å². The van der Waals surface area contributed by atoms with Gasteiger partial charge in [-0.3, -0.25) is 5.10 Å². The lowest BCUT2D eigenvalue weighted by Crippen LogP contribution is -1.90. The molecule has 0 aliphatic heterocycles. The van der Waals surface area contributed by atoms with E-state index in [9.17, 15) is 0 Å². The quantitative estimate of drug-likeness (QED) is 0.696. The van der Waals surface area contributed by atoms with Crippen molar-refractivity contribution in [1.82, 2.24) is 15.2 Å². The molecule has 0 fully saturated rings. The van der Waals surface area contributed by atoms with Gasteiger partial charge in [0, 0.05) is 5.69 Å². The van der Waals surface area contributed by atoms with Crippen molar-refractivity contribution < 1.29 is 0 Å². The largest absolute Gasteiger partial charge is 0.275 e. The molecule has 0 aromatic carbocycles. The molecule has 0 saturated heterocycles. The zero-order chi connectivity index (χ0) is 8.84. The maximum Gasteiger partial charge on any atom is 0.110 e. The lowest BCUT2D eigenvalue weighted by molar-refractivity contribution is 0.901. The fraction of sp³-hybridized carbons (Fsp3) is 0.333. The van der Waals surface area contributed by atoms with Crippen LogP contribution in [0.2, 0.25) is 5.02 Å². The van der Waals surface area contributed by atoms with Crippen molar-refractivity contribution in [2.45, 2.75) is 19.3 Å². The molecule has 66 valence electrons. The van der Waals surface area contributed by atoms with Gasteiger partial charge in [0.2, 0.25) is 0 Å². The number of fused-ring (bicyclic) bond motifs is 2. The number of aryl methyl sites for hydroxylation is 1. The Labute approximate surface area is 80.1 Å². The van der Waals surface area contributed by atoms with E-state index >= 15 is 0 Å². The standard InChI is InChI=1S/C9H8ClN3/c10-8-5-2-1-3-6(5)12-7-4-11-13-9(7)8/h4H,1-3H2,(H,11,13). The Hall–Kier alpha value is -1.09. The lowest BCUT2D eigenvalue weighted by Gasteiger charge is -2.01.